The van der Waals surface area contributed by atoms with Crippen LogP contribution < -0.4 is 20.7 Å². The lowest BCUT2D eigenvalue weighted by Gasteiger charge is -2.33. The lowest BCUT2D eigenvalue weighted by molar-refractivity contribution is -0.137. The van der Waals surface area contributed by atoms with E-state index in [1.165, 1.54) is 0 Å². The Balaban J connectivity index is 1.37. The van der Waals surface area contributed by atoms with Gasteiger partial charge in [0, 0.05) is 38.6 Å². The minimum atomic E-state index is -4.67. The van der Waals surface area contributed by atoms with Crippen LogP contribution in [0.5, 0.6) is 5.75 Å². The Morgan fingerprint density at radius 2 is 2.00 bits per heavy atom. The second-order valence-corrected chi connectivity index (χ2v) is 11.4. The summed E-state index contributed by atoms with van der Waals surface area (Å²) >= 11 is 0. The third kappa shape index (κ3) is 6.54. The molecule has 2 aliphatic rings. The summed E-state index contributed by atoms with van der Waals surface area (Å²) in [4.78, 5) is 23.0. The number of aromatic nitrogens is 2. The molecule has 0 bridgehead atoms. The maximum Gasteiger partial charge on any atom is 0.421 e. The zero-order chi connectivity index (χ0) is 30.8. The summed E-state index contributed by atoms with van der Waals surface area (Å²) in [6.45, 7) is 7.13. The monoisotopic (exact) mass is 598 g/mol. The number of rotatable bonds is 10. The molecule has 1 aromatic heterocycles. The van der Waals surface area contributed by atoms with Crippen LogP contribution in [-0.4, -0.2) is 61.2 Å². The zero-order valence-corrected chi connectivity index (χ0v) is 24.8. The molecule has 1 unspecified atom stereocenters. The number of anilines is 4. The van der Waals surface area contributed by atoms with Crippen molar-refractivity contribution in [3.8, 4) is 5.75 Å². The number of alkyl halides is 3. The highest BCUT2D eigenvalue weighted by Crippen LogP contribution is 2.41. The molecule has 0 radical (unpaired) electrons. The summed E-state index contributed by atoms with van der Waals surface area (Å²) in [5.74, 6) is 0.337. The molecule has 3 heterocycles. The van der Waals surface area contributed by atoms with Gasteiger partial charge in [0.05, 0.1) is 24.8 Å². The highest BCUT2D eigenvalue weighted by atomic mass is 19.4. The standard InChI is InChI=1S/C31H37F3N6O3/c1-30(2)26-20(7-5-9-24(26)37-28(30)41)16-35-27-22(31(32,33)34)17-36-29(39-27)38-23-11-10-19(15-25(23)43-4)21-8-6-12-40(18-21)13-14-42-3/h5,7,9-11,15,17,21H,6,8,12-14,16,18H2,1-4H3,(H,37,41)(H2,35,36,38,39). The van der Waals surface area contributed by atoms with Gasteiger partial charge in [-0.1, -0.05) is 18.2 Å². The van der Waals surface area contributed by atoms with Gasteiger partial charge in [-0.05, 0) is 74.0 Å². The molecule has 12 heteroatoms. The molecular weight excluding hydrogens is 561 g/mol. The molecule has 5 rings (SSSR count). The van der Waals surface area contributed by atoms with Crippen LogP contribution in [0.4, 0.5) is 36.3 Å². The Bertz CT molecular complexity index is 1480. The molecule has 0 saturated carbocycles. The highest BCUT2D eigenvalue weighted by molar-refractivity contribution is 6.06. The minimum absolute atomic E-state index is 0.0135. The first-order valence-corrected chi connectivity index (χ1v) is 14.3. The van der Waals surface area contributed by atoms with E-state index in [-0.39, 0.29) is 24.2 Å². The van der Waals surface area contributed by atoms with Gasteiger partial charge in [-0.25, -0.2) is 4.98 Å². The first kappa shape index (κ1) is 30.6. The van der Waals surface area contributed by atoms with E-state index < -0.39 is 17.2 Å². The fourth-order valence-electron chi connectivity index (χ4n) is 5.88. The largest absolute Gasteiger partial charge is 0.495 e. The summed E-state index contributed by atoms with van der Waals surface area (Å²) in [5, 5.41) is 8.72. The number of fused-ring (bicyclic) bond motifs is 1. The van der Waals surface area contributed by atoms with E-state index in [2.05, 4.69) is 30.8 Å². The van der Waals surface area contributed by atoms with Gasteiger partial charge in [-0.15, -0.1) is 0 Å². The Kier molecular flexibility index (Phi) is 8.79. The molecule has 0 spiro atoms. The van der Waals surface area contributed by atoms with Gasteiger partial charge in [-0.3, -0.25) is 4.79 Å². The maximum absolute atomic E-state index is 13.9. The molecule has 1 fully saturated rings. The summed E-state index contributed by atoms with van der Waals surface area (Å²) in [7, 11) is 3.25. The van der Waals surface area contributed by atoms with Crippen molar-refractivity contribution >= 4 is 29.0 Å². The normalized spacial score (nSPS) is 18.2. The van der Waals surface area contributed by atoms with Crippen LogP contribution in [0.3, 0.4) is 0 Å². The number of likely N-dealkylation sites (tertiary alicyclic amines) is 1. The van der Waals surface area contributed by atoms with E-state index in [9.17, 15) is 18.0 Å². The Morgan fingerprint density at radius 1 is 1.19 bits per heavy atom. The number of amides is 1. The minimum Gasteiger partial charge on any atom is -0.495 e. The Hall–Kier alpha value is -3.90. The van der Waals surface area contributed by atoms with Crippen LogP contribution in [0.25, 0.3) is 0 Å². The topological polar surface area (TPSA) is 101 Å². The molecule has 1 saturated heterocycles. The Labute approximate surface area is 249 Å². The number of methoxy groups -OCH3 is 2. The quantitative estimate of drug-likeness (QED) is 0.265. The molecular formula is C31H37F3N6O3. The van der Waals surface area contributed by atoms with Gasteiger partial charge in [0.1, 0.15) is 17.1 Å². The average Bonchev–Trinajstić information content (AvgIpc) is 3.22. The molecule has 3 N–H and O–H groups in total. The van der Waals surface area contributed by atoms with Gasteiger partial charge >= 0.3 is 6.18 Å². The average molecular weight is 599 g/mol. The predicted octanol–water partition coefficient (Wildman–Crippen LogP) is 5.92. The van der Waals surface area contributed by atoms with Crippen LogP contribution in [0.1, 0.15) is 54.9 Å². The molecule has 0 aliphatic carbocycles. The van der Waals surface area contributed by atoms with E-state index in [0.29, 0.717) is 35.2 Å². The first-order valence-electron chi connectivity index (χ1n) is 14.3. The van der Waals surface area contributed by atoms with Gasteiger partial charge in [0.2, 0.25) is 11.9 Å². The van der Waals surface area contributed by atoms with Crippen LogP contribution >= 0.6 is 0 Å². The van der Waals surface area contributed by atoms with E-state index in [0.717, 1.165) is 49.8 Å². The van der Waals surface area contributed by atoms with Crippen molar-refractivity contribution in [2.24, 2.45) is 0 Å². The van der Waals surface area contributed by atoms with E-state index in [1.807, 2.05) is 18.2 Å². The molecule has 2 aromatic carbocycles. The maximum atomic E-state index is 13.9. The second kappa shape index (κ2) is 12.4. The smallest absolute Gasteiger partial charge is 0.421 e. The van der Waals surface area contributed by atoms with Crippen molar-refractivity contribution in [3.63, 3.8) is 0 Å². The van der Waals surface area contributed by atoms with Crippen molar-refractivity contribution in [1.29, 1.82) is 0 Å². The van der Waals surface area contributed by atoms with Gasteiger partial charge in [0.25, 0.3) is 0 Å². The fraction of sp³-hybridized carbons (Fsp3) is 0.452. The van der Waals surface area contributed by atoms with Crippen molar-refractivity contribution in [2.75, 3.05) is 56.4 Å². The number of carbonyl (C=O) groups is 1. The fourth-order valence-corrected chi connectivity index (χ4v) is 5.88. The van der Waals surface area contributed by atoms with Gasteiger partial charge < -0.3 is 30.3 Å². The third-order valence-electron chi connectivity index (χ3n) is 8.19. The molecule has 3 aromatic rings. The van der Waals surface area contributed by atoms with Crippen molar-refractivity contribution < 1.29 is 27.4 Å². The Morgan fingerprint density at radius 3 is 2.74 bits per heavy atom. The highest BCUT2D eigenvalue weighted by Gasteiger charge is 2.40. The molecule has 2 aliphatic heterocycles. The predicted molar refractivity (Wildman–Crippen MR) is 159 cm³/mol. The number of piperidine rings is 1. The lowest BCUT2D eigenvalue weighted by Crippen LogP contribution is -2.36. The van der Waals surface area contributed by atoms with E-state index >= 15 is 0 Å². The second-order valence-electron chi connectivity index (χ2n) is 11.4. The number of nitrogens with one attached hydrogen (secondary N) is 3. The molecule has 9 nitrogen and oxygen atoms in total. The number of hydrogen-bond donors (Lipinski definition) is 3. The first-order chi connectivity index (χ1) is 20.5. The lowest BCUT2D eigenvalue weighted by atomic mass is 9.83. The number of halogens is 3. The van der Waals surface area contributed by atoms with Crippen LogP contribution in [0.2, 0.25) is 0 Å². The number of benzene rings is 2. The van der Waals surface area contributed by atoms with Crippen LogP contribution in [-0.2, 0) is 27.7 Å². The SMILES string of the molecule is COCCN1CCCC(c2ccc(Nc3ncc(C(F)(F)F)c(NCc4cccc5c4C(C)(C)C(=O)N5)n3)c(OC)c2)C1. The summed E-state index contributed by atoms with van der Waals surface area (Å²) in [5.41, 5.74) is 1.96. The van der Waals surface area contributed by atoms with Crippen LogP contribution in [0, 0.1) is 0 Å². The van der Waals surface area contributed by atoms with Crippen molar-refractivity contribution in [1.82, 2.24) is 14.9 Å². The van der Waals surface area contributed by atoms with Gasteiger partial charge in [0.15, 0.2) is 0 Å². The number of nitrogens with zero attached hydrogens (tertiary/aromatic N) is 3. The number of hydrogen-bond acceptors (Lipinski definition) is 8. The van der Waals surface area contributed by atoms with E-state index in [1.54, 1.807) is 46.3 Å². The van der Waals surface area contributed by atoms with Crippen molar-refractivity contribution in [2.45, 2.75) is 50.7 Å². The molecule has 1 atom stereocenters. The molecule has 1 amide bonds. The van der Waals surface area contributed by atoms with Crippen molar-refractivity contribution in [3.05, 3.63) is 64.8 Å². The molecule has 230 valence electrons. The number of carbonyl (C=O) groups excluding carboxylic acids is 1. The van der Waals surface area contributed by atoms with Crippen LogP contribution in [0.15, 0.2) is 42.6 Å². The number of ether oxygens (including phenoxy) is 2. The molecule has 43 heavy (non-hydrogen) atoms. The van der Waals surface area contributed by atoms with E-state index in [4.69, 9.17) is 9.47 Å². The summed E-state index contributed by atoms with van der Waals surface area (Å²) < 4.78 is 52.7. The summed E-state index contributed by atoms with van der Waals surface area (Å²) in [6, 6.07) is 11.1. The third-order valence-corrected chi connectivity index (χ3v) is 8.19. The summed E-state index contributed by atoms with van der Waals surface area (Å²) in [6.07, 6.45) is -1.77. The zero-order valence-electron chi connectivity index (χ0n) is 24.8. The van der Waals surface area contributed by atoms with Gasteiger partial charge in [-0.2, -0.15) is 18.2 Å².